The molecule has 1 saturated carbocycles. The zero-order valence-corrected chi connectivity index (χ0v) is 11.1. The summed E-state index contributed by atoms with van der Waals surface area (Å²) in [6.07, 6.45) is 6.78. The predicted octanol–water partition coefficient (Wildman–Crippen LogP) is 1.39. The topological polar surface area (TPSA) is 74.8 Å². The molecular formula is C9H14BrN3O2S. The number of alkyl halides is 1. The van der Waals surface area contributed by atoms with E-state index < -0.39 is 10.0 Å². The number of halogens is 1. The molecule has 1 fully saturated rings. The number of rotatable bonds is 3. The molecule has 1 aliphatic rings. The molecule has 1 aliphatic carbocycles. The smallest absolute Gasteiger partial charge is 0.257 e. The average Bonchev–Trinajstić information content (AvgIpc) is 2.75. The lowest BCUT2D eigenvalue weighted by atomic mass is 9.96. The molecule has 2 rings (SSSR count). The van der Waals surface area contributed by atoms with Gasteiger partial charge >= 0.3 is 0 Å². The lowest BCUT2D eigenvalue weighted by Crippen LogP contribution is -2.42. The first-order chi connectivity index (χ1) is 7.59. The largest absolute Gasteiger partial charge is 0.335 e. The van der Waals surface area contributed by atoms with E-state index in [1.54, 1.807) is 0 Å². The molecule has 2 N–H and O–H groups in total. The van der Waals surface area contributed by atoms with Crippen LogP contribution in [-0.4, -0.2) is 29.3 Å². The maximum atomic E-state index is 11.9. The number of H-pyrrole nitrogens is 1. The molecule has 5 nitrogen and oxygen atoms in total. The van der Waals surface area contributed by atoms with E-state index in [-0.39, 0.29) is 15.9 Å². The molecule has 2 unspecified atom stereocenters. The van der Waals surface area contributed by atoms with Crippen molar-refractivity contribution in [3.63, 3.8) is 0 Å². The average molecular weight is 308 g/mol. The molecule has 0 amide bonds. The van der Waals surface area contributed by atoms with E-state index in [4.69, 9.17) is 0 Å². The Morgan fingerprint density at radius 2 is 2.19 bits per heavy atom. The lowest BCUT2D eigenvalue weighted by Gasteiger charge is -2.27. The molecule has 90 valence electrons. The van der Waals surface area contributed by atoms with Crippen LogP contribution in [0.15, 0.2) is 17.6 Å². The van der Waals surface area contributed by atoms with Crippen LogP contribution in [-0.2, 0) is 10.0 Å². The highest BCUT2D eigenvalue weighted by Gasteiger charge is 2.28. The van der Waals surface area contributed by atoms with Crippen molar-refractivity contribution >= 4 is 26.0 Å². The minimum Gasteiger partial charge on any atom is -0.335 e. The van der Waals surface area contributed by atoms with Crippen LogP contribution in [0.25, 0.3) is 0 Å². The van der Waals surface area contributed by atoms with Gasteiger partial charge in [0.1, 0.15) is 0 Å². The van der Waals surface area contributed by atoms with Crippen LogP contribution in [0.2, 0.25) is 0 Å². The first kappa shape index (κ1) is 12.1. The van der Waals surface area contributed by atoms with Gasteiger partial charge in [0.25, 0.3) is 10.0 Å². The molecule has 1 heterocycles. The Labute approximate surface area is 103 Å². The van der Waals surface area contributed by atoms with E-state index in [1.807, 2.05) is 0 Å². The molecule has 0 aromatic carbocycles. The van der Waals surface area contributed by atoms with Crippen LogP contribution in [0.4, 0.5) is 0 Å². The van der Waals surface area contributed by atoms with Crippen LogP contribution in [0.1, 0.15) is 25.7 Å². The number of imidazole rings is 1. The molecule has 0 bridgehead atoms. The van der Waals surface area contributed by atoms with Gasteiger partial charge in [-0.25, -0.2) is 18.1 Å². The number of hydrogen-bond acceptors (Lipinski definition) is 3. The molecule has 16 heavy (non-hydrogen) atoms. The quantitative estimate of drug-likeness (QED) is 0.829. The zero-order valence-electron chi connectivity index (χ0n) is 8.69. The standard InChI is InChI=1S/C9H14BrN3O2S/c10-7-3-1-2-4-8(7)13-16(14,15)9-5-11-6-12-9/h5-8,13H,1-4H2,(H,11,12). The minimum absolute atomic E-state index is 0.0259. The van der Waals surface area contributed by atoms with E-state index in [0.717, 1.165) is 25.7 Å². The van der Waals surface area contributed by atoms with Gasteiger partial charge in [0.05, 0.1) is 12.5 Å². The second-order valence-electron chi connectivity index (χ2n) is 3.94. The van der Waals surface area contributed by atoms with Crippen molar-refractivity contribution in [2.75, 3.05) is 0 Å². The van der Waals surface area contributed by atoms with E-state index >= 15 is 0 Å². The number of nitrogens with zero attached hydrogens (tertiary/aromatic N) is 1. The van der Waals surface area contributed by atoms with Gasteiger partial charge in [-0.1, -0.05) is 28.8 Å². The summed E-state index contributed by atoms with van der Waals surface area (Å²) in [7, 11) is -3.45. The summed E-state index contributed by atoms with van der Waals surface area (Å²) in [5.74, 6) is 0. The molecule has 0 saturated heterocycles. The highest BCUT2D eigenvalue weighted by Crippen LogP contribution is 2.25. The zero-order chi connectivity index (χ0) is 11.6. The van der Waals surface area contributed by atoms with Crippen LogP contribution < -0.4 is 4.72 Å². The Balaban J connectivity index is 2.09. The summed E-state index contributed by atoms with van der Waals surface area (Å²) >= 11 is 3.52. The molecule has 1 aromatic heterocycles. The summed E-state index contributed by atoms with van der Waals surface area (Å²) in [5.41, 5.74) is 0. The third-order valence-electron chi connectivity index (χ3n) is 2.75. The van der Waals surface area contributed by atoms with Crippen molar-refractivity contribution in [1.82, 2.24) is 14.7 Å². The molecule has 7 heteroatoms. The second kappa shape index (κ2) is 4.85. The molecule has 1 aromatic rings. The maximum absolute atomic E-state index is 11.9. The third kappa shape index (κ3) is 2.64. The van der Waals surface area contributed by atoms with E-state index in [0.29, 0.717) is 0 Å². The summed E-state index contributed by atoms with van der Waals surface area (Å²) in [6, 6.07) is -0.0259. The lowest BCUT2D eigenvalue weighted by molar-refractivity contribution is 0.427. The van der Waals surface area contributed by atoms with Crippen molar-refractivity contribution in [2.24, 2.45) is 0 Å². The van der Waals surface area contributed by atoms with Crippen LogP contribution in [0.5, 0.6) is 0 Å². The van der Waals surface area contributed by atoms with Gasteiger partial charge in [-0.2, -0.15) is 0 Å². The van der Waals surface area contributed by atoms with E-state index in [2.05, 4.69) is 30.6 Å². The van der Waals surface area contributed by atoms with Crippen molar-refractivity contribution in [3.8, 4) is 0 Å². The van der Waals surface area contributed by atoms with Gasteiger partial charge in [0.15, 0.2) is 5.03 Å². The molecular weight excluding hydrogens is 294 g/mol. The summed E-state index contributed by atoms with van der Waals surface area (Å²) in [4.78, 5) is 6.54. The fourth-order valence-electron chi connectivity index (χ4n) is 1.87. The van der Waals surface area contributed by atoms with E-state index in [1.165, 1.54) is 12.5 Å². The summed E-state index contributed by atoms with van der Waals surface area (Å²) in [5, 5.41) is 0.123. The first-order valence-corrected chi connectivity index (χ1v) is 7.64. The number of aromatic amines is 1. The highest BCUT2D eigenvalue weighted by molar-refractivity contribution is 9.09. The van der Waals surface area contributed by atoms with E-state index in [9.17, 15) is 8.42 Å². The van der Waals surface area contributed by atoms with Gasteiger partial charge in [0, 0.05) is 10.9 Å². The molecule has 0 radical (unpaired) electrons. The number of nitrogens with one attached hydrogen (secondary N) is 2. The second-order valence-corrected chi connectivity index (χ2v) is 6.80. The highest BCUT2D eigenvalue weighted by atomic mass is 79.9. The Hall–Kier alpha value is -0.400. The van der Waals surface area contributed by atoms with Crippen LogP contribution in [0, 0.1) is 0 Å². The normalized spacial score (nSPS) is 26.8. The minimum atomic E-state index is -3.45. The third-order valence-corrected chi connectivity index (χ3v) is 5.26. The van der Waals surface area contributed by atoms with Gasteiger partial charge < -0.3 is 4.98 Å². The summed E-state index contributed by atoms with van der Waals surface area (Å²) < 4.78 is 26.5. The number of hydrogen-bond donors (Lipinski definition) is 2. The number of sulfonamides is 1. The maximum Gasteiger partial charge on any atom is 0.257 e. The van der Waals surface area contributed by atoms with Crippen molar-refractivity contribution in [2.45, 2.75) is 41.6 Å². The van der Waals surface area contributed by atoms with Gasteiger partial charge in [-0.3, -0.25) is 0 Å². The monoisotopic (exact) mass is 307 g/mol. The van der Waals surface area contributed by atoms with Crippen molar-refractivity contribution < 1.29 is 8.42 Å². The Morgan fingerprint density at radius 1 is 1.44 bits per heavy atom. The Kier molecular flexibility index (Phi) is 3.66. The fourth-order valence-corrected chi connectivity index (χ4v) is 3.98. The fraction of sp³-hybridized carbons (Fsp3) is 0.667. The predicted molar refractivity (Wildman–Crippen MR) is 63.9 cm³/mol. The molecule has 0 spiro atoms. The Morgan fingerprint density at radius 3 is 2.81 bits per heavy atom. The van der Waals surface area contributed by atoms with Gasteiger partial charge in [-0.05, 0) is 12.8 Å². The van der Waals surface area contributed by atoms with Crippen LogP contribution in [0.3, 0.4) is 0 Å². The van der Waals surface area contributed by atoms with Gasteiger partial charge in [-0.15, -0.1) is 0 Å². The summed E-state index contributed by atoms with van der Waals surface area (Å²) in [6.45, 7) is 0. The molecule has 0 aliphatic heterocycles. The molecule has 2 atom stereocenters. The number of aromatic nitrogens is 2. The van der Waals surface area contributed by atoms with Gasteiger partial charge in [0.2, 0.25) is 0 Å². The Bertz CT molecular complexity index is 432. The first-order valence-electron chi connectivity index (χ1n) is 5.24. The van der Waals surface area contributed by atoms with Crippen molar-refractivity contribution in [1.29, 1.82) is 0 Å². The van der Waals surface area contributed by atoms with Crippen molar-refractivity contribution in [3.05, 3.63) is 12.5 Å². The van der Waals surface area contributed by atoms with Crippen LogP contribution >= 0.6 is 15.9 Å². The SMILES string of the molecule is O=S(=O)(NC1CCCCC1Br)c1cnc[nH]1.